The summed E-state index contributed by atoms with van der Waals surface area (Å²) in [6.45, 7) is 5.84. The van der Waals surface area contributed by atoms with Crippen molar-refractivity contribution in [2.24, 2.45) is 0 Å². The molecule has 0 aliphatic carbocycles. The zero-order valence-electron chi connectivity index (χ0n) is 3.34. The van der Waals surface area contributed by atoms with Crippen LogP contribution in [0.15, 0.2) is 0 Å². The van der Waals surface area contributed by atoms with Crippen molar-refractivity contribution in [3.63, 3.8) is 0 Å². The van der Waals surface area contributed by atoms with Gasteiger partial charge in [0.05, 0.1) is 0 Å². The van der Waals surface area contributed by atoms with Gasteiger partial charge in [-0.3, -0.25) is 0 Å². The molecule has 0 unspecified atom stereocenters. The van der Waals surface area contributed by atoms with Crippen molar-refractivity contribution in [1.29, 1.82) is 5.26 Å². The largest absolute Gasteiger partial charge is 1.00 e. The Morgan fingerprint density at radius 3 is 2.33 bits per heavy atom. The van der Waals surface area contributed by atoms with Gasteiger partial charge in [0.15, 0.2) is 0 Å². The molecular formula is C2N3Na. The molecular weight excluding hydrogens is 89.0 g/mol. The summed E-state index contributed by atoms with van der Waals surface area (Å²) in [4.78, 5) is 2.37. The summed E-state index contributed by atoms with van der Waals surface area (Å²) in [5, 5.41) is 7.44. The van der Waals surface area contributed by atoms with E-state index < -0.39 is 0 Å². The van der Waals surface area contributed by atoms with Crippen molar-refractivity contribution in [3.8, 4) is 6.19 Å². The minimum absolute atomic E-state index is 0. The Bertz CT molecular complexity index is 73.9. The Balaban J connectivity index is 0. The van der Waals surface area contributed by atoms with Crippen LogP contribution in [0.3, 0.4) is 0 Å². The van der Waals surface area contributed by atoms with Crippen molar-refractivity contribution < 1.29 is 29.6 Å². The molecule has 0 bridgehead atoms. The summed E-state index contributed by atoms with van der Waals surface area (Å²) < 4.78 is 0. The summed E-state index contributed by atoms with van der Waals surface area (Å²) in [6.07, 6.45) is 1.29. The second-order valence-corrected chi connectivity index (χ2v) is 0.300. The van der Waals surface area contributed by atoms with E-state index >= 15 is 0 Å². The molecule has 0 amide bonds. The smallest absolute Gasteiger partial charge is 0.488 e. The van der Waals surface area contributed by atoms with E-state index in [1.54, 1.807) is 0 Å². The molecule has 0 saturated heterocycles. The maximum atomic E-state index is 7.44. The van der Waals surface area contributed by atoms with E-state index in [1.807, 2.05) is 0 Å². The SMILES string of the molecule is [C-]#[N+][N-]C#N.[Na+]. The third kappa shape index (κ3) is 9.22. The molecule has 0 spiro atoms. The van der Waals surface area contributed by atoms with Gasteiger partial charge in [-0.1, -0.05) is 5.43 Å². The Kier molecular flexibility index (Phi) is 13.6. The predicted molar refractivity (Wildman–Crippen MR) is 15.6 cm³/mol. The van der Waals surface area contributed by atoms with E-state index in [9.17, 15) is 0 Å². The van der Waals surface area contributed by atoms with Gasteiger partial charge in [-0.2, -0.15) is 0 Å². The van der Waals surface area contributed by atoms with Gasteiger partial charge in [-0.05, 0) is 6.19 Å². The number of hydrogen-bond acceptors (Lipinski definition) is 1. The average Bonchev–Trinajstić information content (AvgIpc) is 1.41. The quantitative estimate of drug-likeness (QED) is 0.142. The maximum absolute atomic E-state index is 7.44. The molecule has 0 heterocycles. The Labute approximate surface area is 58.0 Å². The van der Waals surface area contributed by atoms with Gasteiger partial charge in [-0.25, -0.2) is 11.5 Å². The third-order valence-electron chi connectivity index (χ3n) is 0.0947. The third-order valence-corrected chi connectivity index (χ3v) is 0.0947. The molecule has 3 nitrogen and oxygen atoms in total. The van der Waals surface area contributed by atoms with Crippen LogP contribution >= 0.6 is 0 Å². The number of hydrogen-bond donors (Lipinski definition) is 0. The first-order chi connectivity index (χ1) is 2.41. The van der Waals surface area contributed by atoms with Crippen LogP contribution in [-0.2, 0) is 0 Å². The Hall–Kier alpha value is -0.220. The second kappa shape index (κ2) is 8.84. The van der Waals surface area contributed by atoms with Crippen molar-refractivity contribution in [2.75, 3.05) is 0 Å². The van der Waals surface area contributed by atoms with E-state index in [4.69, 9.17) is 11.8 Å². The van der Waals surface area contributed by atoms with Crippen molar-refractivity contribution >= 4 is 0 Å². The van der Waals surface area contributed by atoms with Gasteiger partial charge in [0.1, 0.15) is 0 Å². The van der Waals surface area contributed by atoms with Gasteiger partial charge in [-0.15, -0.1) is 0 Å². The Morgan fingerprint density at radius 1 is 1.83 bits per heavy atom. The summed E-state index contributed by atoms with van der Waals surface area (Å²) in [5.74, 6) is 0. The van der Waals surface area contributed by atoms with E-state index in [1.165, 1.54) is 6.19 Å². The van der Waals surface area contributed by atoms with Crippen LogP contribution < -0.4 is 29.6 Å². The zero-order chi connectivity index (χ0) is 4.12. The fourth-order valence-electron chi connectivity index (χ4n) is 0.0224. The molecule has 0 radical (unpaired) electrons. The van der Waals surface area contributed by atoms with E-state index in [0.29, 0.717) is 0 Å². The standard InChI is InChI=1S/C2N3.Na/c1-4-5-2-3;/q-1;+1. The first-order valence-corrected chi connectivity index (χ1v) is 0.871. The van der Waals surface area contributed by atoms with Crippen LogP contribution in [0.2, 0.25) is 0 Å². The van der Waals surface area contributed by atoms with Crippen LogP contribution in [-0.4, -0.2) is 0 Å². The molecule has 24 valence electrons. The number of nitrogens with zero attached hydrogens (tertiary/aromatic N) is 3. The minimum atomic E-state index is 0. The molecule has 0 aromatic rings. The molecule has 0 aromatic carbocycles. The molecule has 0 N–H and O–H groups in total. The molecule has 0 saturated carbocycles. The van der Waals surface area contributed by atoms with Crippen LogP contribution in [0.4, 0.5) is 0 Å². The normalized spacial score (nSPS) is 3.00. The van der Waals surface area contributed by atoms with Crippen LogP contribution in [0, 0.1) is 18.0 Å². The monoisotopic (exact) mass is 89.0 g/mol. The topological polar surface area (TPSA) is 42.2 Å². The minimum Gasteiger partial charge on any atom is -0.488 e. The summed E-state index contributed by atoms with van der Waals surface area (Å²) in [6, 6.07) is 0. The average molecular weight is 89.0 g/mol. The maximum Gasteiger partial charge on any atom is 1.00 e. The summed E-state index contributed by atoms with van der Waals surface area (Å²) in [5.41, 5.74) is 2.57. The molecule has 0 fully saturated rings. The molecule has 0 aliphatic rings. The van der Waals surface area contributed by atoms with Crippen LogP contribution in [0.25, 0.3) is 10.4 Å². The van der Waals surface area contributed by atoms with Gasteiger partial charge in [0.25, 0.3) is 0 Å². The van der Waals surface area contributed by atoms with Crippen molar-refractivity contribution in [2.45, 2.75) is 0 Å². The summed E-state index contributed by atoms with van der Waals surface area (Å²) in [7, 11) is 0. The molecule has 6 heavy (non-hydrogen) atoms. The van der Waals surface area contributed by atoms with E-state index in [0.717, 1.165) is 0 Å². The zero-order valence-corrected chi connectivity index (χ0v) is 5.34. The van der Waals surface area contributed by atoms with E-state index in [2.05, 4.69) is 10.4 Å². The molecule has 0 aliphatic heterocycles. The van der Waals surface area contributed by atoms with Gasteiger partial charge in [0.2, 0.25) is 0 Å². The van der Waals surface area contributed by atoms with Crippen molar-refractivity contribution in [1.82, 2.24) is 0 Å². The Morgan fingerprint density at radius 2 is 2.33 bits per heavy atom. The fourth-order valence-corrected chi connectivity index (χ4v) is 0.0224. The first kappa shape index (κ1) is 9.24. The molecule has 0 atom stereocenters. The number of rotatable bonds is 0. The summed E-state index contributed by atoms with van der Waals surface area (Å²) >= 11 is 0. The molecule has 0 rings (SSSR count). The fraction of sp³-hybridized carbons (Fsp3) is 0. The van der Waals surface area contributed by atoms with Crippen molar-refractivity contribution in [3.05, 3.63) is 17.0 Å². The van der Waals surface area contributed by atoms with Crippen LogP contribution in [0.5, 0.6) is 0 Å². The van der Waals surface area contributed by atoms with Crippen LogP contribution in [0.1, 0.15) is 0 Å². The van der Waals surface area contributed by atoms with Gasteiger partial charge >= 0.3 is 29.6 Å². The van der Waals surface area contributed by atoms with E-state index in [-0.39, 0.29) is 29.6 Å². The predicted octanol–water partition coefficient (Wildman–Crippen LogP) is -2.32. The van der Waals surface area contributed by atoms with Gasteiger partial charge < -0.3 is 5.26 Å². The second-order valence-electron chi connectivity index (χ2n) is 0.300. The van der Waals surface area contributed by atoms with Gasteiger partial charge in [0, 0.05) is 0 Å². The molecule has 0 aromatic heterocycles. The molecule has 4 heteroatoms. The number of nitriles is 1. The first-order valence-electron chi connectivity index (χ1n) is 0.871.